The van der Waals surface area contributed by atoms with Crippen molar-refractivity contribution in [3.05, 3.63) is 27.4 Å². The van der Waals surface area contributed by atoms with Gasteiger partial charge in [0, 0.05) is 19.2 Å². The van der Waals surface area contributed by atoms with Crippen molar-refractivity contribution in [1.29, 1.82) is 0 Å². The molecule has 0 radical (unpaired) electrons. The van der Waals surface area contributed by atoms with Gasteiger partial charge in [0.1, 0.15) is 12.0 Å². The molecule has 1 aromatic heterocycles. The van der Waals surface area contributed by atoms with Crippen LogP contribution in [0.1, 0.15) is 19.8 Å². The maximum atomic E-state index is 10.5. The van der Waals surface area contributed by atoms with E-state index in [9.17, 15) is 10.1 Å². The predicted molar refractivity (Wildman–Crippen MR) is 68.0 cm³/mol. The highest BCUT2D eigenvalue weighted by Crippen LogP contribution is 2.28. The van der Waals surface area contributed by atoms with Gasteiger partial charge in [0.15, 0.2) is 0 Å². The zero-order valence-electron chi connectivity index (χ0n) is 9.98. The van der Waals surface area contributed by atoms with Gasteiger partial charge >= 0.3 is 0 Å². The Kier molecular flexibility index (Phi) is 3.68. The van der Waals surface area contributed by atoms with Crippen molar-refractivity contribution >= 4 is 23.1 Å². The summed E-state index contributed by atoms with van der Waals surface area (Å²) in [5.41, 5.74) is -0.332. The first-order valence-electron chi connectivity index (χ1n) is 5.68. The van der Waals surface area contributed by atoms with Gasteiger partial charge in [-0.05, 0) is 19.8 Å². The number of nitrogens with one attached hydrogen (secondary N) is 1. The zero-order valence-corrected chi connectivity index (χ0v) is 10.7. The number of aromatic nitrogens is 1. The first-order chi connectivity index (χ1) is 8.50. The van der Waals surface area contributed by atoms with Crippen molar-refractivity contribution < 1.29 is 9.66 Å². The number of hydrogen-bond donors (Lipinski definition) is 1. The number of rotatable bonds is 4. The summed E-state index contributed by atoms with van der Waals surface area (Å²) in [5, 5.41) is 13.9. The van der Waals surface area contributed by atoms with Crippen molar-refractivity contribution in [2.45, 2.75) is 25.4 Å². The van der Waals surface area contributed by atoms with Crippen LogP contribution in [0.15, 0.2) is 12.3 Å². The quantitative estimate of drug-likeness (QED) is 0.673. The molecule has 7 heteroatoms. The average Bonchev–Trinajstić information content (AvgIpc) is 2.75. The van der Waals surface area contributed by atoms with Crippen LogP contribution in [-0.2, 0) is 4.74 Å². The molecule has 2 rings (SSSR count). The van der Waals surface area contributed by atoms with Crippen molar-refractivity contribution in [2.75, 3.05) is 18.5 Å². The standard InChI is InChI=1S/C11H14ClN3O3/c1-11(3-2-4-18-11)7-14-10-9(12)5-8(6-13-10)15(16)17/h5-6H,2-4,7H2,1H3,(H,13,14). The number of halogens is 1. The van der Waals surface area contributed by atoms with E-state index in [0.717, 1.165) is 19.4 Å². The van der Waals surface area contributed by atoms with Crippen LogP contribution in [-0.4, -0.2) is 28.7 Å². The number of anilines is 1. The molecule has 1 aliphatic rings. The number of pyridine rings is 1. The fourth-order valence-corrected chi connectivity index (χ4v) is 2.13. The molecule has 1 atom stereocenters. The number of nitro groups is 1. The third-order valence-electron chi connectivity index (χ3n) is 2.97. The predicted octanol–water partition coefficient (Wildman–Crippen LogP) is 2.62. The third-order valence-corrected chi connectivity index (χ3v) is 3.26. The second-order valence-electron chi connectivity index (χ2n) is 4.54. The SMILES string of the molecule is CC1(CNc2ncc([N+](=O)[O-])cc2Cl)CCCO1. The van der Waals surface area contributed by atoms with E-state index >= 15 is 0 Å². The molecule has 1 aliphatic heterocycles. The fourth-order valence-electron chi connectivity index (χ4n) is 1.90. The fraction of sp³-hybridized carbons (Fsp3) is 0.545. The lowest BCUT2D eigenvalue weighted by Gasteiger charge is -2.23. The number of nitrogens with zero attached hydrogens (tertiary/aromatic N) is 2. The first kappa shape index (κ1) is 13.0. The third kappa shape index (κ3) is 2.88. The smallest absolute Gasteiger partial charge is 0.289 e. The molecule has 0 saturated carbocycles. The highest BCUT2D eigenvalue weighted by Gasteiger charge is 2.29. The molecule has 1 aromatic rings. The van der Waals surface area contributed by atoms with E-state index in [-0.39, 0.29) is 16.3 Å². The molecule has 1 saturated heterocycles. The largest absolute Gasteiger partial charge is 0.373 e. The summed E-state index contributed by atoms with van der Waals surface area (Å²) in [6.07, 6.45) is 3.20. The molecule has 0 amide bonds. The van der Waals surface area contributed by atoms with Crippen LogP contribution in [0.4, 0.5) is 11.5 Å². The summed E-state index contributed by atoms with van der Waals surface area (Å²) in [7, 11) is 0. The molecule has 0 spiro atoms. The molecule has 1 unspecified atom stereocenters. The van der Waals surface area contributed by atoms with E-state index < -0.39 is 4.92 Å². The Bertz CT molecular complexity index is 461. The highest BCUT2D eigenvalue weighted by atomic mass is 35.5. The molecule has 1 fully saturated rings. The van der Waals surface area contributed by atoms with Crippen LogP contribution >= 0.6 is 11.6 Å². The van der Waals surface area contributed by atoms with Crippen molar-refractivity contribution in [3.63, 3.8) is 0 Å². The van der Waals surface area contributed by atoms with Gasteiger partial charge in [-0.3, -0.25) is 10.1 Å². The summed E-state index contributed by atoms with van der Waals surface area (Å²) in [6, 6.07) is 1.29. The molecular formula is C11H14ClN3O3. The van der Waals surface area contributed by atoms with Gasteiger partial charge in [-0.15, -0.1) is 0 Å². The maximum Gasteiger partial charge on any atom is 0.289 e. The summed E-state index contributed by atoms with van der Waals surface area (Å²) in [4.78, 5) is 14.0. The van der Waals surface area contributed by atoms with Gasteiger partial charge < -0.3 is 10.1 Å². The summed E-state index contributed by atoms with van der Waals surface area (Å²) in [6.45, 7) is 3.36. The van der Waals surface area contributed by atoms with E-state index in [0.29, 0.717) is 12.4 Å². The number of hydrogen-bond acceptors (Lipinski definition) is 5. The van der Waals surface area contributed by atoms with Gasteiger partial charge in [0.2, 0.25) is 0 Å². The van der Waals surface area contributed by atoms with Crippen LogP contribution in [0.2, 0.25) is 5.02 Å². The minimum Gasteiger partial charge on any atom is -0.373 e. The Morgan fingerprint density at radius 1 is 1.72 bits per heavy atom. The van der Waals surface area contributed by atoms with Gasteiger partial charge in [0.05, 0.1) is 15.5 Å². The topological polar surface area (TPSA) is 77.3 Å². The Morgan fingerprint density at radius 2 is 2.50 bits per heavy atom. The molecule has 0 aromatic carbocycles. The lowest BCUT2D eigenvalue weighted by molar-refractivity contribution is -0.385. The molecule has 6 nitrogen and oxygen atoms in total. The highest BCUT2D eigenvalue weighted by molar-refractivity contribution is 6.33. The van der Waals surface area contributed by atoms with Gasteiger partial charge in [-0.2, -0.15) is 0 Å². The van der Waals surface area contributed by atoms with Gasteiger partial charge in [0.25, 0.3) is 5.69 Å². The van der Waals surface area contributed by atoms with E-state index in [1.165, 1.54) is 12.3 Å². The van der Waals surface area contributed by atoms with Crippen molar-refractivity contribution in [3.8, 4) is 0 Å². The molecule has 2 heterocycles. The van der Waals surface area contributed by atoms with Gasteiger partial charge in [-0.25, -0.2) is 4.98 Å². The Balaban J connectivity index is 2.03. The molecule has 0 aliphatic carbocycles. The Morgan fingerprint density at radius 3 is 3.06 bits per heavy atom. The number of ether oxygens (including phenoxy) is 1. The van der Waals surface area contributed by atoms with E-state index in [2.05, 4.69) is 10.3 Å². The molecule has 1 N–H and O–H groups in total. The summed E-state index contributed by atoms with van der Waals surface area (Å²) >= 11 is 5.93. The zero-order chi connectivity index (χ0) is 13.2. The Labute approximate surface area is 109 Å². The van der Waals surface area contributed by atoms with E-state index in [1.807, 2.05) is 6.92 Å². The second-order valence-corrected chi connectivity index (χ2v) is 4.94. The van der Waals surface area contributed by atoms with Crippen LogP contribution in [0.25, 0.3) is 0 Å². The second kappa shape index (κ2) is 5.07. The van der Waals surface area contributed by atoms with Crippen LogP contribution in [0.5, 0.6) is 0 Å². The molecule has 98 valence electrons. The minimum atomic E-state index is -0.524. The van der Waals surface area contributed by atoms with Crippen LogP contribution in [0, 0.1) is 10.1 Å². The van der Waals surface area contributed by atoms with E-state index in [4.69, 9.17) is 16.3 Å². The minimum absolute atomic E-state index is 0.117. The van der Waals surface area contributed by atoms with Crippen LogP contribution < -0.4 is 5.32 Å². The van der Waals surface area contributed by atoms with E-state index in [1.54, 1.807) is 0 Å². The van der Waals surface area contributed by atoms with Crippen LogP contribution in [0.3, 0.4) is 0 Å². The lowest BCUT2D eigenvalue weighted by atomic mass is 10.0. The monoisotopic (exact) mass is 271 g/mol. The summed E-state index contributed by atoms with van der Waals surface area (Å²) < 4.78 is 5.62. The van der Waals surface area contributed by atoms with Gasteiger partial charge in [-0.1, -0.05) is 11.6 Å². The Hall–Kier alpha value is -1.40. The average molecular weight is 272 g/mol. The normalized spacial score (nSPS) is 23.0. The summed E-state index contributed by atoms with van der Waals surface area (Å²) in [5.74, 6) is 0.444. The lowest BCUT2D eigenvalue weighted by Crippen LogP contribution is -2.32. The van der Waals surface area contributed by atoms with Crippen molar-refractivity contribution in [1.82, 2.24) is 4.98 Å². The molecule has 18 heavy (non-hydrogen) atoms. The van der Waals surface area contributed by atoms with Crippen molar-refractivity contribution in [2.24, 2.45) is 0 Å². The molecular weight excluding hydrogens is 258 g/mol. The maximum absolute atomic E-state index is 10.5. The first-order valence-corrected chi connectivity index (χ1v) is 6.06. The molecule has 0 bridgehead atoms.